The minimum atomic E-state index is 0.559. The van der Waals surface area contributed by atoms with E-state index in [0.717, 1.165) is 38.9 Å². The molecule has 0 bridgehead atoms. The second-order valence-corrected chi connectivity index (χ2v) is 6.74. The minimum absolute atomic E-state index is 0.559. The van der Waals surface area contributed by atoms with Gasteiger partial charge >= 0.3 is 0 Å². The standard InChI is InChI=1S/C20H18ClN5/c1-12-6-4-5-7-16(12)19-24-20-22-14(3)10-18(26(20)25-19)23-15-9-8-13(2)17(21)11-15/h4-11,23H,1-3H3. The lowest BCUT2D eigenvalue weighted by Gasteiger charge is -2.09. The van der Waals surface area contributed by atoms with Crippen LogP contribution in [-0.4, -0.2) is 19.6 Å². The highest BCUT2D eigenvalue weighted by Crippen LogP contribution is 2.25. The summed E-state index contributed by atoms with van der Waals surface area (Å²) in [5, 5.41) is 8.76. The fraction of sp³-hybridized carbons (Fsp3) is 0.150. The first-order chi connectivity index (χ1) is 12.5. The normalized spacial score (nSPS) is 11.1. The maximum absolute atomic E-state index is 6.24. The van der Waals surface area contributed by atoms with Crippen LogP contribution in [0.1, 0.15) is 16.8 Å². The average molecular weight is 364 g/mol. The van der Waals surface area contributed by atoms with Crippen LogP contribution in [-0.2, 0) is 0 Å². The monoisotopic (exact) mass is 363 g/mol. The number of hydrogen-bond donors (Lipinski definition) is 1. The number of benzene rings is 2. The highest BCUT2D eigenvalue weighted by Gasteiger charge is 2.13. The van der Waals surface area contributed by atoms with Gasteiger partial charge in [0.15, 0.2) is 5.82 Å². The van der Waals surface area contributed by atoms with E-state index >= 15 is 0 Å². The molecule has 1 N–H and O–H groups in total. The van der Waals surface area contributed by atoms with Crippen LogP contribution in [0.2, 0.25) is 5.02 Å². The van der Waals surface area contributed by atoms with Crippen LogP contribution in [0, 0.1) is 20.8 Å². The molecule has 0 fully saturated rings. The van der Waals surface area contributed by atoms with Gasteiger partial charge in [-0.3, -0.25) is 0 Å². The molecule has 4 rings (SSSR count). The molecule has 0 saturated carbocycles. The first kappa shape index (κ1) is 16.5. The second kappa shape index (κ2) is 6.42. The van der Waals surface area contributed by atoms with Crippen LogP contribution >= 0.6 is 11.6 Å². The van der Waals surface area contributed by atoms with Gasteiger partial charge in [0.2, 0.25) is 0 Å². The molecule has 0 amide bonds. The van der Waals surface area contributed by atoms with Gasteiger partial charge < -0.3 is 5.32 Å². The van der Waals surface area contributed by atoms with Crippen molar-refractivity contribution in [3.05, 3.63) is 70.4 Å². The fourth-order valence-electron chi connectivity index (χ4n) is 2.83. The molecule has 0 saturated heterocycles. The van der Waals surface area contributed by atoms with Crippen molar-refractivity contribution in [2.75, 3.05) is 5.32 Å². The smallest absolute Gasteiger partial charge is 0.254 e. The van der Waals surface area contributed by atoms with Crippen molar-refractivity contribution < 1.29 is 0 Å². The van der Waals surface area contributed by atoms with Gasteiger partial charge in [-0.05, 0) is 44.0 Å². The number of nitrogens with zero attached hydrogens (tertiary/aromatic N) is 4. The summed E-state index contributed by atoms with van der Waals surface area (Å²) >= 11 is 6.24. The molecule has 2 aromatic carbocycles. The van der Waals surface area contributed by atoms with Crippen LogP contribution in [0.25, 0.3) is 17.2 Å². The third-order valence-corrected chi connectivity index (χ3v) is 4.68. The molecule has 0 unspecified atom stereocenters. The van der Waals surface area contributed by atoms with Crippen molar-refractivity contribution in [3.63, 3.8) is 0 Å². The number of aryl methyl sites for hydroxylation is 3. The van der Waals surface area contributed by atoms with Crippen molar-refractivity contribution in [2.24, 2.45) is 0 Å². The highest BCUT2D eigenvalue weighted by molar-refractivity contribution is 6.31. The van der Waals surface area contributed by atoms with E-state index in [9.17, 15) is 0 Å². The minimum Gasteiger partial charge on any atom is -0.340 e. The second-order valence-electron chi connectivity index (χ2n) is 6.33. The molecule has 0 aliphatic heterocycles. The van der Waals surface area contributed by atoms with Crippen molar-refractivity contribution >= 4 is 28.9 Å². The molecule has 6 heteroatoms. The van der Waals surface area contributed by atoms with E-state index in [1.807, 2.05) is 69.3 Å². The topological polar surface area (TPSA) is 55.1 Å². The Labute approximate surface area is 156 Å². The quantitative estimate of drug-likeness (QED) is 0.549. The number of anilines is 2. The van der Waals surface area contributed by atoms with Crippen LogP contribution in [0.5, 0.6) is 0 Å². The number of aromatic nitrogens is 4. The lowest BCUT2D eigenvalue weighted by atomic mass is 10.1. The molecule has 0 atom stereocenters. The highest BCUT2D eigenvalue weighted by atomic mass is 35.5. The van der Waals surface area contributed by atoms with Crippen LogP contribution in [0.4, 0.5) is 11.5 Å². The molecule has 0 radical (unpaired) electrons. The van der Waals surface area contributed by atoms with Crippen molar-refractivity contribution in [2.45, 2.75) is 20.8 Å². The van der Waals surface area contributed by atoms with E-state index in [0.29, 0.717) is 11.6 Å². The first-order valence-electron chi connectivity index (χ1n) is 8.35. The Hall–Kier alpha value is -2.92. The zero-order chi connectivity index (χ0) is 18.3. The number of rotatable bonds is 3. The lowest BCUT2D eigenvalue weighted by Crippen LogP contribution is -2.02. The Morgan fingerprint density at radius 3 is 2.50 bits per heavy atom. The Morgan fingerprint density at radius 2 is 1.73 bits per heavy atom. The molecule has 26 heavy (non-hydrogen) atoms. The third-order valence-electron chi connectivity index (χ3n) is 4.27. The van der Waals surface area contributed by atoms with Crippen LogP contribution < -0.4 is 5.32 Å². The third kappa shape index (κ3) is 3.02. The molecule has 4 aromatic rings. The number of nitrogens with one attached hydrogen (secondary N) is 1. The summed E-state index contributed by atoms with van der Waals surface area (Å²) in [7, 11) is 0. The molecule has 0 aliphatic carbocycles. The lowest BCUT2D eigenvalue weighted by molar-refractivity contribution is 0.939. The van der Waals surface area contributed by atoms with E-state index in [1.54, 1.807) is 4.52 Å². The van der Waals surface area contributed by atoms with Gasteiger partial charge in [-0.25, -0.2) is 4.98 Å². The summed E-state index contributed by atoms with van der Waals surface area (Å²) in [6, 6.07) is 15.9. The number of fused-ring (bicyclic) bond motifs is 1. The molecule has 2 heterocycles. The van der Waals surface area contributed by atoms with Gasteiger partial charge in [-0.2, -0.15) is 9.50 Å². The van der Waals surface area contributed by atoms with Gasteiger partial charge in [0.25, 0.3) is 5.78 Å². The van der Waals surface area contributed by atoms with E-state index in [2.05, 4.69) is 20.4 Å². The van der Waals surface area contributed by atoms with Gasteiger partial charge in [0.1, 0.15) is 5.82 Å². The fourth-order valence-corrected chi connectivity index (χ4v) is 3.01. The van der Waals surface area contributed by atoms with Crippen LogP contribution in [0.15, 0.2) is 48.5 Å². The summed E-state index contributed by atoms with van der Waals surface area (Å²) in [5.41, 5.74) is 4.91. The van der Waals surface area contributed by atoms with Gasteiger partial charge in [-0.15, -0.1) is 5.10 Å². The van der Waals surface area contributed by atoms with Gasteiger partial charge in [-0.1, -0.05) is 41.9 Å². The summed E-state index contributed by atoms with van der Waals surface area (Å²) in [5.74, 6) is 2.01. The average Bonchev–Trinajstić information content (AvgIpc) is 3.02. The maximum atomic E-state index is 6.24. The SMILES string of the molecule is Cc1cc(Nc2ccc(C)c(Cl)c2)n2nc(-c3ccccc3C)nc2n1. The molecular formula is C20H18ClN5. The Balaban J connectivity index is 1.82. The maximum Gasteiger partial charge on any atom is 0.254 e. The van der Waals surface area contributed by atoms with E-state index in [-0.39, 0.29) is 0 Å². The van der Waals surface area contributed by atoms with Crippen molar-refractivity contribution in [1.29, 1.82) is 0 Å². The zero-order valence-corrected chi connectivity index (χ0v) is 15.5. The molecule has 0 spiro atoms. The first-order valence-corrected chi connectivity index (χ1v) is 8.72. The van der Waals surface area contributed by atoms with Gasteiger partial charge in [0.05, 0.1) is 0 Å². The van der Waals surface area contributed by atoms with E-state index < -0.39 is 0 Å². The summed E-state index contributed by atoms with van der Waals surface area (Å²) in [4.78, 5) is 9.12. The molecule has 5 nitrogen and oxygen atoms in total. The van der Waals surface area contributed by atoms with E-state index in [1.165, 1.54) is 0 Å². The predicted molar refractivity (Wildman–Crippen MR) is 105 cm³/mol. The Morgan fingerprint density at radius 1 is 0.923 bits per heavy atom. The predicted octanol–water partition coefficient (Wildman–Crippen LogP) is 5.11. The molecule has 130 valence electrons. The molecular weight excluding hydrogens is 346 g/mol. The van der Waals surface area contributed by atoms with Crippen LogP contribution in [0.3, 0.4) is 0 Å². The zero-order valence-electron chi connectivity index (χ0n) is 14.8. The largest absolute Gasteiger partial charge is 0.340 e. The van der Waals surface area contributed by atoms with Crippen molar-refractivity contribution in [3.8, 4) is 11.4 Å². The molecule has 0 aliphatic rings. The Kier molecular flexibility index (Phi) is 4.09. The van der Waals surface area contributed by atoms with E-state index in [4.69, 9.17) is 11.6 Å². The molecule has 2 aromatic heterocycles. The van der Waals surface area contributed by atoms with Crippen molar-refractivity contribution in [1.82, 2.24) is 19.6 Å². The number of hydrogen-bond acceptors (Lipinski definition) is 4. The van der Waals surface area contributed by atoms with Gasteiger partial charge in [0, 0.05) is 28.0 Å². The Bertz CT molecular complexity index is 1120. The number of halogens is 1. The summed E-state index contributed by atoms with van der Waals surface area (Å²) < 4.78 is 1.72. The summed E-state index contributed by atoms with van der Waals surface area (Å²) in [6.45, 7) is 5.97. The summed E-state index contributed by atoms with van der Waals surface area (Å²) in [6.07, 6.45) is 0.